The first-order chi connectivity index (χ1) is 14.3. The minimum atomic E-state index is -2.94. The fourth-order valence-corrected chi connectivity index (χ4v) is 3.63. The molecule has 1 aliphatic heterocycles. The molecule has 2 heterocycles. The van der Waals surface area contributed by atoms with Gasteiger partial charge in [-0.15, -0.1) is 0 Å². The van der Waals surface area contributed by atoms with Crippen molar-refractivity contribution in [2.45, 2.75) is 19.1 Å². The topological polar surface area (TPSA) is 81.1 Å². The lowest BCUT2D eigenvalue weighted by molar-refractivity contribution is -0.129. The van der Waals surface area contributed by atoms with Crippen molar-refractivity contribution < 1.29 is 22.7 Å². The molecule has 8 heteroatoms. The van der Waals surface area contributed by atoms with Crippen LogP contribution in [0.3, 0.4) is 0 Å². The van der Waals surface area contributed by atoms with E-state index in [1.165, 1.54) is 11.0 Å². The number of hydrogen-bond acceptors (Lipinski definition) is 5. The van der Waals surface area contributed by atoms with E-state index < -0.39 is 12.2 Å². The van der Waals surface area contributed by atoms with Gasteiger partial charge >= 0.3 is 6.61 Å². The van der Waals surface area contributed by atoms with Gasteiger partial charge in [-0.1, -0.05) is 24.3 Å². The number of benzene rings is 2. The number of ether oxygens (including phenoxy) is 1. The van der Waals surface area contributed by atoms with Gasteiger partial charge in [-0.2, -0.15) is 8.78 Å². The van der Waals surface area contributed by atoms with E-state index in [2.05, 4.69) is 9.73 Å². The van der Waals surface area contributed by atoms with Gasteiger partial charge in [0.15, 0.2) is 11.5 Å². The predicted octanol–water partition coefficient (Wildman–Crippen LogP) is 3.89. The summed E-state index contributed by atoms with van der Waals surface area (Å²) in [4.78, 5) is 19.2. The molecule has 0 bridgehead atoms. The number of amides is 1. The van der Waals surface area contributed by atoms with E-state index in [4.69, 9.17) is 10.2 Å². The Morgan fingerprint density at radius 3 is 2.50 bits per heavy atom. The van der Waals surface area contributed by atoms with E-state index >= 15 is 0 Å². The fourth-order valence-electron chi connectivity index (χ4n) is 3.63. The van der Waals surface area contributed by atoms with Gasteiger partial charge in [0.05, 0.1) is 6.26 Å². The highest BCUT2D eigenvalue weighted by Gasteiger charge is 2.49. The number of halogens is 2. The smallest absolute Gasteiger partial charge is 0.387 e. The number of aliphatic imine (C=N–C) groups is 1. The molecule has 1 amide bonds. The number of furan rings is 1. The van der Waals surface area contributed by atoms with Crippen molar-refractivity contribution in [3.63, 3.8) is 0 Å². The Morgan fingerprint density at radius 1 is 1.13 bits per heavy atom. The normalized spacial score (nSPS) is 18.8. The minimum Gasteiger partial charge on any atom is -0.464 e. The number of carbonyl (C=O) groups is 1. The van der Waals surface area contributed by atoms with Crippen molar-refractivity contribution in [1.82, 2.24) is 4.90 Å². The molecule has 0 aliphatic carbocycles. The predicted molar refractivity (Wildman–Crippen MR) is 107 cm³/mol. The summed E-state index contributed by atoms with van der Waals surface area (Å²) < 4.78 is 35.3. The molecule has 154 valence electrons. The van der Waals surface area contributed by atoms with Crippen LogP contribution in [0.15, 0.2) is 70.3 Å². The van der Waals surface area contributed by atoms with Crippen LogP contribution in [-0.2, 0) is 10.3 Å². The molecule has 30 heavy (non-hydrogen) atoms. The van der Waals surface area contributed by atoms with Crippen LogP contribution in [0.5, 0.6) is 5.75 Å². The van der Waals surface area contributed by atoms with Gasteiger partial charge in [-0.3, -0.25) is 9.69 Å². The van der Waals surface area contributed by atoms with E-state index in [0.29, 0.717) is 22.5 Å². The van der Waals surface area contributed by atoms with Crippen LogP contribution in [0.25, 0.3) is 11.3 Å². The van der Waals surface area contributed by atoms with E-state index in [1.807, 2.05) is 18.2 Å². The van der Waals surface area contributed by atoms with E-state index in [9.17, 15) is 13.6 Å². The summed E-state index contributed by atoms with van der Waals surface area (Å²) in [5.74, 6) is 0.385. The molecule has 0 saturated heterocycles. The SMILES string of the molecule is Cc1cc(C2(c3cccc(-c4ccco4)c3)N=C(N)N(C)C2=O)ccc1OC(F)F. The third-order valence-corrected chi connectivity index (χ3v) is 5.13. The Labute approximate surface area is 171 Å². The second kappa shape index (κ2) is 7.29. The Balaban J connectivity index is 1.90. The van der Waals surface area contributed by atoms with E-state index in [0.717, 1.165) is 5.56 Å². The Bertz CT molecular complexity index is 1130. The maximum Gasteiger partial charge on any atom is 0.387 e. The van der Waals surface area contributed by atoms with Gasteiger partial charge in [0.25, 0.3) is 5.91 Å². The van der Waals surface area contributed by atoms with Gasteiger partial charge in [0.2, 0.25) is 0 Å². The summed E-state index contributed by atoms with van der Waals surface area (Å²) in [5, 5.41) is 0. The molecule has 2 N–H and O–H groups in total. The second-order valence-electron chi connectivity index (χ2n) is 6.96. The highest BCUT2D eigenvalue weighted by molar-refractivity contribution is 6.09. The number of nitrogens with zero attached hydrogens (tertiary/aromatic N) is 2. The van der Waals surface area contributed by atoms with Crippen LogP contribution in [0.4, 0.5) is 8.78 Å². The summed E-state index contributed by atoms with van der Waals surface area (Å²) in [6, 6.07) is 15.4. The molecular formula is C22H19F2N3O3. The Hall–Kier alpha value is -3.68. The lowest BCUT2D eigenvalue weighted by atomic mass is 9.81. The number of alkyl halides is 2. The van der Waals surface area contributed by atoms with Crippen molar-refractivity contribution in [1.29, 1.82) is 0 Å². The van der Waals surface area contributed by atoms with Crippen LogP contribution in [0.1, 0.15) is 16.7 Å². The highest BCUT2D eigenvalue weighted by Crippen LogP contribution is 2.41. The van der Waals surface area contributed by atoms with E-state index in [-0.39, 0.29) is 17.6 Å². The summed E-state index contributed by atoms with van der Waals surface area (Å²) >= 11 is 0. The summed E-state index contributed by atoms with van der Waals surface area (Å²) in [5.41, 5.74) is 6.84. The maximum absolute atomic E-state index is 13.4. The van der Waals surface area contributed by atoms with Crippen molar-refractivity contribution in [3.05, 3.63) is 77.6 Å². The number of rotatable bonds is 5. The van der Waals surface area contributed by atoms with Gasteiger partial charge in [-0.25, -0.2) is 4.99 Å². The highest BCUT2D eigenvalue weighted by atomic mass is 19.3. The third kappa shape index (κ3) is 3.10. The number of likely N-dealkylation sites (N-methyl/N-ethyl adjacent to an activating group) is 1. The number of guanidine groups is 1. The average molecular weight is 411 g/mol. The standard InChI is InChI=1S/C22H19F2N3O3/c1-13-11-16(8-9-17(13)30-20(23)24)22(19(28)27(2)21(25)26-22)15-6-3-5-14(12-15)18-7-4-10-29-18/h3-12,20H,1-2H3,(H2,25,26). The fraction of sp³-hybridized carbons (Fsp3) is 0.182. The molecule has 1 atom stereocenters. The van der Waals surface area contributed by atoms with Gasteiger partial charge in [0.1, 0.15) is 11.5 Å². The number of nitrogens with two attached hydrogens (primary N) is 1. The van der Waals surface area contributed by atoms with E-state index in [1.54, 1.807) is 50.6 Å². The molecule has 6 nitrogen and oxygen atoms in total. The van der Waals surface area contributed by atoms with Gasteiger partial charge in [0, 0.05) is 12.6 Å². The molecular weight excluding hydrogens is 392 g/mol. The molecule has 0 radical (unpaired) electrons. The summed E-state index contributed by atoms with van der Waals surface area (Å²) in [7, 11) is 1.54. The monoisotopic (exact) mass is 411 g/mol. The lowest BCUT2D eigenvalue weighted by Crippen LogP contribution is -2.41. The van der Waals surface area contributed by atoms with Gasteiger partial charge in [-0.05, 0) is 53.9 Å². The van der Waals surface area contributed by atoms with Crippen molar-refractivity contribution in [2.75, 3.05) is 7.05 Å². The molecule has 3 aromatic rings. The van der Waals surface area contributed by atoms with Crippen LogP contribution >= 0.6 is 0 Å². The lowest BCUT2D eigenvalue weighted by Gasteiger charge is -2.27. The number of carbonyl (C=O) groups excluding carboxylic acids is 1. The Morgan fingerprint density at radius 2 is 1.90 bits per heavy atom. The van der Waals surface area contributed by atoms with Crippen molar-refractivity contribution in [3.8, 4) is 17.1 Å². The third-order valence-electron chi connectivity index (χ3n) is 5.13. The van der Waals surface area contributed by atoms with Crippen LogP contribution in [-0.4, -0.2) is 30.4 Å². The first-order valence-corrected chi connectivity index (χ1v) is 9.17. The largest absolute Gasteiger partial charge is 0.464 e. The van der Waals surface area contributed by atoms with Crippen molar-refractivity contribution >= 4 is 11.9 Å². The number of hydrogen-bond donors (Lipinski definition) is 1. The molecule has 4 rings (SSSR count). The minimum absolute atomic E-state index is 0.0315. The zero-order valence-electron chi connectivity index (χ0n) is 16.3. The first-order valence-electron chi connectivity index (χ1n) is 9.17. The summed E-state index contributed by atoms with van der Waals surface area (Å²) in [6.45, 7) is -1.31. The molecule has 1 aromatic heterocycles. The molecule has 1 unspecified atom stereocenters. The molecule has 1 aliphatic rings. The second-order valence-corrected chi connectivity index (χ2v) is 6.96. The Kier molecular flexibility index (Phi) is 4.77. The summed E-state index contributed by atoms with van der Waals surface area (Å²) in [6.07, 6.45) is 1.56. The van der Waals surface area contributed by atoms with Crippen LogP contribution < -0.4 is 10.5 Å². The number of aryl methyl sites for hydroxylation is 1. The maximum atomic E-state index is 13.4. The average Bonchev–Trinajstić information content (AvgIpc) is 3.33. The van der Waals surface area contributed by atoms with Crippen LogP contribution in [0, 0.1) is 6.92 Å². The van der Waals surface area contributed by atoms with Gasteiger partial charge < -0.3 is 14.9 Å². The molecule has 0 saturated carbocycles. The molecule has 2 aromatic carbocycles. The first kappa shape index (κ1) is 19.6. The molecule has 0 fully saturated rings. The zero-order valence-corrected chi connectivity index (χ0v) is 16.3. The van der Waals surface area contributed by atoms with Crippen LogP contribution in [0.2, 0.25) is 0 Å². The van der Waals surface area contributed by atoms with Crippen molar-refractivity contribution in [2.24, 2.45) is 10.7 Å². The quantitative estimate of drug-likeness (QED) is 0.691. The zero-order chi connectivity index (χ0) is 21.5. The molecule has 0 spiro atoms.